The van der Waals surface area contributed by atoms with Crippen molar-refractivity contribution in [3.63, 3.8) is 0 Å². The summed E-state index contributed by atoms with van der Waals surface area (Å²) in [5.74, 6) is -0.550. The number of carbonyl (C=O) groups is 2. The van der Waals surface area contributed by atoms with Gasteiger partial charge in [0.2, 0.25) is 5.91 Å². The Hall–Kier alpha value is -2.24. The molecule has 2 aromatic carbocycles. The second-order valence-corrected chi connectivity index (χ2v) is 6.22. The van der Waals surface area contributed by atoms with Gasteiger partial charge in [0.15, 0.2) is 5.75 Å². The smallest absolute Gasteiger partial charge is 0.261 e. The summed E-state index contributed by atoms with van der Waals surface area (Å²) in [5, 5.41) is 6.08. The van der Waals surface area contributed by atoms with Gasteiger partial charge in [-0.3, -0.25) is 9.59 Å². The number of anilines is 2. The van der Waals surface area contributed by atoms with E-state index < -0.39 is 5.91 Å². The molecule has 0 bridgehead atoms. The molecule has 124 valence electrons. The zero-order valence-corrected chi connectivity index (χ0v) is 14.5. The number of ether oxygens (including phenoxy) is 1. The van der Waals surface area contributed by atoms with Crippen molar-refractivity contribution in [3.8, 4) is 5.75 Å². The molecule has 1 aliphatic heterocycles. The number of carbonyl (C=O) groups excluding carboxylic acids is 2. The number of nitrogens with one attached hydrogen (secondary N) is 2. The highest BCUT2D eigenvalue weighted by Gasteiger charge is 2.27. The number of benzene rings is 2. The molecule has 1 atom stereocenters. The molecule has 5 nitrogen and oxygen atoms in total. The van der Waals surface area contributed by atoms with E-state index >= 15 is 0 Å². The van der Waals surface area contributed by atoms with Crippen molar-refractivity contribution in [2.45, 2.75) is 12.8 Å². The predicted molar refractivity (Wildman–Crippen MR) is 94.5 cm³/mol. The molecule has 0 saturated heterocycles. The minimum Gasteiger partial charge on any atom is -0.494 e. The topological polar surface area (TPSA) is 67.4 Å². The van der Waals surface area contributed by atoms with Crippen molar-refractivity contribution in [2.75, 3.05) is 17.7 Å². The van der Waals surface area contributed by atoms with Gasteiger partial charge in [0.1, 0.15) is 5.56 Å². The Labute approximate surface area is 148 Å². The summed E-state index contributed by atoms with van der Waals surface area (Å²) in [6.07, 6.45) is 0. The van der Waals surface area contributed by atoms with Crippen molar-refractivity contribution >= 4 is 46.4 Å². The third-order valence-corrected chi connectivity index (χ3v) is 4.53. The van der Waals surface area contributed by atoms with Crippen LogP contribution in [0.3, 0.4) is 0 Å². The summed E-state index contributed by atoms with van der Waals surface area (Å²) in [6.45, 7) is 1.81. The molecular weight excluding hydrogens is 351 g/mol. The van der Waals surface area contributed by atoms with Gasteiger partial charge in [-0.15, -0.1) is 0 Å². The summed E-state index contributed by atoms with van der Waals surface area (Å²) in [6, 6.07) is 8.33. The summed E-state index contributed by atoms with van der Waals surface area (Å²) in [5.41, 5.74) is 2.31. The van der Waals surface area contributed by atoms with Gasteiger partial charge in [0.05, 0.1) is 23.1 Å². The van der Waals surface area contributed by atoms with E-state index in [2.05, 4.69) is 10.6 Å². The third kappa shape index (κ3) is 2.81. The van der Waals surface area contributed by atoms with Crippen molar-refractivity contribution in [2.24, 2.45) is 0 Å². The maximum Gasteiger partial charge on any atom is 0.261 e. The fraction of sp³-hybridized carbons (Fsp3) is 0.176. The second kappa shape index (κ2) is 6.34. The molecule has 2 N–H and O–H groups in total. The van der Waals surface area contributed by atoms with E-state index in [1.807, 2.05) is 6.92 Å². The van der Waals surface area contributed by atoms with E-state index in [0.29, 0.717) is 10.7 Å². The van der Waals surface area contributed by atoms with E-state index in [1.165, 1.54) is 13.2 Å². The molecule has 0 radical (unpaired) electrons. The number of rotatable bonds is 3. The molecule has 0 fully saturated rings. The Bertz CT molecular complexity index is 852. The van der Waals surface area contributed by atoms with Crippen molar-refractivity contribution in [1.82, 2.24) is 0 Å². The molecule has 24 heavy (non-hydrogen) atoms. The number of halogens is 2. The molecule has 0 saturated carbocycles. The predicted octanol–water partition coefficient (Wildman–Crippen LogP) is 4.31. The lowest BCUT2D eigenvalue weighted by molar-refractivity contribution is -0.116. The summed E-state index contributed by atoms with van der Waals surface area (Å²) in [4.78, 5) is 24.3. The highest BCUT2D eigenvalue weighted by Crippen LogP contribution is 2.36. The van der Waals surface area contributed by atoms with Gasteiger partial charge in [-0.05, 0) is 42.8 Å². The lowest BCUT2D eigenvalue weighted by Gasteiger charge is -2.13. The fourth-order valence-electron chi connectivity index (χ4n) is 2.63. The van der Waals surface area contributed by atoms with Crippen molar-refractivity contribution in [3.05, 3.63) is 51.5 Å². The van der Waals surface area contributed by atoms with Crippen LogP contribution in [0.4, 0.5) is 11.4 Å². The summed E-state index contributed by atoms with van der Waals surface area (Å²) >= 11 is 12.2. The summed E-state index contributed by atoms with van der Waals surface area (Å²) in [7, 11) is 1.42. The van der Waals surface area contributed by atoms with Gasteiger partial charge in [0, 0.05) is 11.4 Å². The van der Waals surface area contributed by atoms with E-state index in [9.17, 15) is 9.59 Å². The number of hydrogen-bond acceptors (Lipinski definition) is 3. The first kappa shape index (κ1) is 16.6. The quantitative estimate of drug-likeness (QED) is 0.852. The third-order valence-electron chi connectivity index (χ3n) is 3.92. The maximum atomic E-state index is 12.6. The lowest BCUT2D eigenvalue weighted by atomic mass is 10.0. The molecule has 1 aliphatic rings. The van der Waals surface area contributed by atoms with Gasteiger partial charge in [-0.1, -0.05) is 23.2 Å². The Morgan fingerprint density at radius 2 is 1.92 bits per heavy atom. The molecule has 0 aliphatic carbocycles. The second-order valence-electron chi connectivity index (χ2n) is 5.40. The average Bonchev–Trinajstić information content (AvgIpc) is 2.84. The zero-order valence-electron chi connectivity index (χ0n) is 12.9. The first-order chi connectivity index (χ1) is 11.4. The molecule has 2 aromatic rings. The van der Waals surface area contributed by atoms with Crippen LogP contribution >= 0.6 is 23.2 Å². The summed E-state index contributed by atoms with van der Waals surface area (Å²) < 4.78 is 5.19. The Morgan fingerprint density at radius 1 is 1.21 bits per heavy atom. The largest absolute Gasteiger partial charge is 0.494 e. The Balaban J connectivity index is 1.92. The number of methoxy groups -OCH3 is 1. The molecule has 1 unspecified atom stereocenters. The number of fused-ring (bicyclic) bond motifs is 1. The Kier molecular flexibility index (Phi) is 4.39. The number of amides is 2. The van der Waals surface area contributed by atoms with Crippen LogP contribution in [0, 0.1) is 0 Å². The molecule has 1 heterocycles. The Morgan fingerprint density at radius 3 is 2.62 bits per heavy atom. The van der Waals surface area contributed by atoms with Crippen LogP contribution in [0.25, 0.3) is 0 Å². The molecule has 2 amide bonds. The van der Waals surface area contributed by atoms with Crippen LogP contribution in [0.15, 0.2) is 30.3 Å². The van der Waals surface area contributed by atoms with Crippen LogP contribution in [0.5, 0.6) is 5.75 Å². The normalized spacial score (nSPS) is 15.7. The standard InChI is InChI=1S/C17H14Cl2N2O3/c1-8-10-7-9(3-6-13(10)21-16(8)22)20-17(23)14-11(18)4-5-12(19)15(14)24-2/h3-8H,1-2H3,(H,20,23)(H,21,22). The number of hydrogen-bond donors (Lipinski definition) is 2. The van der Waals surface area contributed by atoms with E-state index in [-0.39, 0.29) is 28.2 Å². The van der Waals surface area contributed by atoms with Gasteiger partial charge in [-0.25, -0.2) is 0 Å². The highest BCUT2D eigenvalue weighted by atomic mass is 35.5. The van der Waals surface area contributed by atoms with Gasteiger partial charge >= 0.3 is 0 Å². The molecule has 0 spiro atoms. The van der Waals surface area contributed by atoms with Gasteiger partial charge < -0.3 is 15.4 Å². The highest BCUT2D eigenvalue weighted by molar-refractivity contribution is 6.37. The van der Waals surface area contributed by atoms with E-state index in [0.717, 1.165) is 11.3 Å². The molecular formula is C17H14Cl2N2O3. The average molecular weight is 365 g/mol. The monoisotopic (exact) mass is 364 g/mol. The molecule has 7 heteroatoms. The van der Waals surface area contributed by atoms with E-state index in [1.54, 1.807) is 24.3 Å². The molecule has 0 aromatic heterocycles. The van der Waals surface area contributed by atoms with Crippen LogP contribution in [0.1, 0.15) is 28.8 Å². The minimum atomic E-state index is -0.441. The first-order valence-corrected chi connectivity index (χ1v) is 7.96. The lowest BCUT2D eigenvalue weighted by Crippen LogP contribution is -2.14. The van der Waals surface area contributed by atoms with Crippen LogP contribution in [-0.4, -0.2) is 18.9 Å². The molecule has 3 rings (SSSR count). The fourth-order valence-corrected chi connectivity index (χ4v) is 3.10. The maximum absolute atomic E-state index is 12.6. The minimum absolute atomic E-state index is 0.0620. The SMILES string of the molecule is COc1c(Cl)ccc(Cl)c1C(=O)Nc1ccc2c(c1)C(C)C(=O)N2. The van der Waals surface area contributed by atoms with Crippen LogP contribution in [-0.2, 0) is 4.79 Å². The zero-order chi connectivity index (χ0) is 17.4. The van der Waals surface area contributed by atoms with Gasteiger partial charge in [0.25, 0.3) is 5.91 Å². The first-order valence-electron chi connectivity index (χ1n) is 7.20. The van der Waals surface area contributed by atoms with Gasteiger partial charge in [-0.2, -0.15) is 0 Å². The van der Waals surface area contributed by atoms with Crippen molar-refractivity contribution in [1.29, 1.82) is 0 Å². The van der Waals surface area contributed by atoms with Crippen LogP contribution < -0.4 is 15.4 Å². The van der Waals surface area contributed by atoms with E-state index in [4.69, 9.17) is 27.9 Å². The van der Waals surface area contributed by atoms with Crippen LogP contribution in [0.2, 0.25) is 10.0 Å². The van der Waals surface area contributed by atoms with Crippen molar-refractivity contribution < 1.29 is 14.3 Å².